The summed E-state index contributed by atoms with van der Waals surface area (Å²) >= 11 is 0. The summed E-state index contributed by atoms with van der Waals surface area (Å²) in [5, 5.41) is 6.98. The molecule has 1 aromatic heterocycles. The molecule has 17 heavy (non-hydrogen) atoms. The maximum atomic E-state index is 12.2. The van der Waals surface area contributed by atoms with E-state index < -0.39 is 0 Å². The smallest absolute Gasteiger partial charge is 0.280 e. The molecule has 2 N–H and O–H groups in total. The molecule has 1 aliphatic carbocycles. The first-order valence-electron chi connectivity index (χ1n) is 5.96. The summed E-state index contributed by atoms with van der Waals surface area (Å²) in [5.74, 6) is 0.367. The molecule has 0 aliphatic heterocycles. The van der Waals surface area contributed by atoms with Gasteiger partial charge in [-0.25, -0.2) is 4.63 Å². The van der Waals surface area contributed by atoms with Crippen molar-refractivity contribution in [2.75, 3.05) is 12.8 Å². The number of nitrogen functional groups attached to an aromatic ring is 1. The van der Waals surface area contributed by atoms with E-state index in [0.717, 1.165) is 12.8 Å². The van der Waals surface area contributed by atoms with Crippen LogP contribution < -0.4 is 5.73 Å². The van der Waals surface area contributed by atoms with Crippen LogP contribution in [0.1, 0.15) is 43.1 Å². The second kappa shape index (κ2) is 4.73. The third-order valence-corrected chi connectivity index (χ3v) is 3.60. The Bertz CT molecular complexity index is 404. The Labute approximate surface area is 100 Å². The third-order valence-electron chi connectivity index (χ3n) is 3.60. The van der Waals surface area contributed by atoms with Crippen molar-refractivity contribution in [3.05, 3.63) is 5.69 Å². The first-order chi connectivity index (χ1) is 8.11. The van der Waals surface area contributed by atoms with Crippen molar-refractivity contribution in [2.24, 2.45) is 5.92 Å². The molecule has 6 heteroatoms. The second-order valence-electron chi connectivity index (χ2n) is 4.74. The summed E-state index contributed by atoms with van der Waals surface area (Å²) < 4.78 is 4.46. The Hall–Kier alpha value is -1.59. The van der Waals surface area contributed by atoms with Crippen LogP contribution in [0.5, 0.6) is 0 Å². The molecular formula is C11H18N4O2. The van der Waals surface area contributed by atoms with Crippen molar-refractivity contribution in [2.45, 2.75) is 38.6 Å². The van der Waals surface area contributed by atoms with Crippen molar-refractivity contribution >= 4 is 11.7 Å². The van der Waals surface area contributed by atoms with E-state index in [9.17, 15) is 4.79 Å². The molecule has 1 fully saturated rings. The van der Waals surface area contributed by atoms with Gasteiger partial charge in [-0.3, -0.25) is 4.79 Å². The number of rotatable bonds is 2. The lowest BCUT2D eigenvalue weighted by Gasteiger charge is -2.35. The van der Waals surface area contributed by atoms with Gasteiger partial charge in [-0.2, -0.15) is 0 Å². The fourth-order valence-corrected chi connectivity index (χ4v) is 2.53. The largest absolute Gasteiger partial charge is 0.379 e. The van der Waals surface area contributed by atoms with Crippen LogP contribution in [0.4, 0.5) is 5.82 Å². The van der Waals surface area contributed by atoms with Crippen molar-refractivity contribution in [1.82, 2.24) is 15.2 Å². The van der Waals surface area contributed by atoms with Gasteiger partial charge in [0.2, 0.25) is 11.5 Å². The van der Waals surface area contributed by atoms with E-state index in [0.29, 0.717) is 5.92 Å². The molecule has 2 atom stereocenters. The minimum absolute atomic E-state index is 0.0605. The Balaban J connectivity index is 2.11. The molecule has 0 radical (unpaired) electrons. The molecule has 0 saturated heterocycles. The van der Waals surface area contributed by atoms with Gasteiger partial charge in [0.05, 0.1) is 0 Å². The summed E-state index contributed by atoms with van der Waals surface area (Å²) in [6.07, 6.45) is 4.61. The molecular weight excluding hydrogens is 220 g/mol. The average Bonchev–Trinajstić information content (AvgIpc) is 2.74. The predicted molar refractivity (Wildman–Crippen MR) is 62.2 cm³/mol. The van der Waals surface area contributed by atoms with Gasteiger partial charge in [0.1, 0.15) is 0 Å². The Morgan fingerprint density at radius 3 is 2.71 bits per heavy atom. The zero-order chi connectivity index (χ0) is 12.4. The fourth-order valence-electron chi connectivity index (χ4n) is 2.53. The quantitative estimate of drug-likeness (QED) is 0.839. The first-order valence-corrected chi connectivity index (χ1v) is 5.96. The van der Waals surface area contributed by atoms with Crippen LogP contribution in [0.15, 0.2) is 4.63 Å². The zero-order valence-electron chi connectivity index (χ0n) is 10.2. The van der Waals surface area contributed by atoms with E-state index >= 15 is 0 Å². The van der Waals surface area contributed by atoms with E-state index in [4.69, 9.17) is 5.73 Å². The zero-order valence-corrected chi connectivity index (χ0v) is 10.2. The highest BCUT2D eigenvalue weighted by molar-refractivity contribution is 5.96. The fraction of sp³-hybridized carbons (Fsp3) is 0.727. The molecule has 6 nitrogen and oxygen atoms in total. The lowest BCUT2D eigenvalue weighted by atomic mass is 9.85. The van der Waals surface area contributed by atoms with Gasteiger partial charge < -0.3 is 10.6 Å². The molecule has 2 rings (SSSR count). The van der Waals surface area contributed by atoms with E-state index in [1.165, 1.54) is 12.8 Å². The van der Waals surface area contributed by atoms with Crippen molar-refractivity contribution in [3.8, 4) is 0 Å². The van der Waals surface area contributed by atoms with Gasteiger partial charge in [-0.05, 0) is 29.1 Å². The predicted octanol–water partition coefficient (Wildman–Crippen LogP) is 1.30. The summed E-state index contributed by atoms with van der Waals surface area (Å²) in [6.45, 7) is 2.18. The van der Waals surface area contributed by atoms with Crippen molar-refractivity contribution in [1.29, 1.82) is 0 Å². The summed E-state index contributed by atoms with van der Waals surface area (Å²) in [7, 11) is 1.79. The standard InChI is InChI=1S/C11H18N4O2/c1-7-5-3-4-6-8(7)15(2)11(16)9-10(12)14-17-13-9/h7-8H,3-6H2,1-2H3,(H2,12,14). The van der Waals surface area contributed by atoms with Gasteiger partial charge in [0.15, 0.2) is 0 Å². The molecule has 1 aliphatic rings. The number of carbonyl (C=O) groups is 1. The lowest BCUT2D eigenvalue weighted by Crippen LogP contribution is -2.43. The van der Waals surface area contributed by atoms with Gasteiger partial charge in [0.25, 0.3) is 5.91 Å². The highest BCUT2D eigenvalue weighted by Gasteiger charge is 2.30. The maximum Gasteiger partial charge on any atom is 0.280 e. The number of hydrogen-bond acceptors (Lipinski definition) is 5. The third kappa shape index (κ3) is 2.25. The second-order valence-corrected chi connectivity index (χ2v) is 4.74. The summed E-state index contributed by atoms with van der Waals surface area (Å²) in [4.78, 5) is 13.9. The van der Waals surface area contributed by atoms with E-state index in [2.05, 4.69) is 21.9 Å². The average molecular weight is 238 g/mol. The number of nitrogens with two attached hydrogens (primary N) is 1. The molecule has 0 spiro atoms. The molecule has 1 aromatic rings. The van der Waals surface area contributed by atoms with Crippen LogP contribution >= 0.6 is 0 Å². The monoisotopic (exact) mass is 238 g/mol. The number of anilines is 1. The van der Waals surface area contributed by atoms with E-state index in [1.807, 2.05) is 0 Å². The Morgan fingerprint density at radius 2 is 2.12 bits per heavy atom. The SMILES string of the molecule is CC1CCCCC1N(C)C(=O)c1nonc1N. The Morgan fingerprint density at radius 1 is 1.41 bits per heavy atom. The van der Waals surface area contributed by atoms with Crippen molar-refractivity contribution < 1.29 is 9.42 Å². The molecule has 0 bridgehead atoms. The molecule has 0 aromatic carbocycles. The normalized spacial score (nSPS) is 24.6. The lowest BCUT2D eigenvalue weighted by molar-refractivity contribution is 0.0619. The molecule has 1 saturated carbocycles. The minimum Gasteiger partial charge on any atom is -0.379 e. The van der Waals surface area contributed by atoms with Crippen LogP contribution in [-0.4, -0.2) is 34.2 Å². The molecule has 2 unspecified atom stereocenters. The number of nitrogens with zero attached hydrogens (tertiary/aromatic N) is 3. The number of hydrogen-bond donors (Lipinski definition) is 1. The number of carbonyl (C=O) groups excluding carboxylic acids is 1. The van der Waals surface area contributed by atoms with Crippen LogP contribution in [0.3, 0.4) is 0 Å². The van der Waals surface area contributed by atoms with Gasteiger partial charge in [-0.1, -0.05) is 19.8 Å². The van der Waals surface area contributed by atoms with Crippen LogP contribution in [0.2, 0.25) is 0 Å². The van der Waals surface area contributed by atoms with Gasteiger partial charge in [-0.15, -0.1) is 0 Å². The molecule has 1 heterocycles. The Kier molecular flexibility index (Phi) is 3.31. The van der Waals surface area contributed by atoms with E-state index in [1.54, 1.807) is 11.9 Å². The van der Waals surface area contributed by atoms with Crippen LogP contribution in [0, 0.1) is 5.92 Å². The number of aromatic nitrogens is 2. The minimum atomic E-state index is -0.206. The summed E-state index contributed by atoms with van der Waals surface area (Å²) in [6, 6.07) is 0.257. The highest BCUT2D eigenvalue weighted by atomic mass is 16.6. The van der Waals surface area contributed by atoms with Crippen LogP contribution in [0.25, 0.3) is 0 Å². The maximum absolute atomic E-state index is 12.2. The van der Waals surface area contributed by atoms with E-state index in [-0.39, 0.29) is 23.5 Å². The summed E-state index contributed by atoms with van der Waals surface area (Å²) in [5.41, 5.74) is 5.64. The molecule has 1 amide bonds. The molecule has 94 valence electrons. The van der Waals surface area contributed by atoms with Crippen molar-refractivity contribution in [3.63, 3.8) is 0 Å². The van der Waals surface area contributed by atoms with Gasteiger partial charge >= 0.3 is 0 Å². The number of amides is 1. The highest BCUT2D eigenvalue weighted by Crippen LogP contribution is 2.28. The topological polar surface area (TPSA) is 85.2 Å². The van der Waals surface area contributed by atoms with Crippen LogP contribution in [-0.2, 0) is 0 Å². The first kappa shape index (κ1) is 11.9. The van der Waals surface area contributed by atoms with Gasteiger partial charge in [0, 0.05) is 13.1 Å².